The van der Waals surface area contributed by atoms with Gasteiger partial charge in [0.05, 0.1) is 29.1 Å². The van der Waals surface area contributed by atoms with Crippen LogP contribution in [0.4, 0.5) is 13.2 Å². The molecule has 0 radical (unpaired) electrons. The number of amides is 2. The SMILES string of the molecule is O=C1CC(c2ccc(C[C@H](NC(=O)c3cccc(C(F)(F)F)c3)c3nc4ccccc4[nH]3)cc2)S(=O)(=O)N1. The first-order valence-corrected chi connectivity index (χ1v) is 13.1. The van der Waals surface area contributed by atoms with E-state index in [1.54, 1.807) is 36.4 Å². The van der Waals surface area contributed by atoms with Crippen molar-refractivity contribution in [3.63, 3.8) is 0 Å². The average molecular weight is 543 g/mol. The molecule has 38 heavy (non-hydrogen) atoms. The number of imidazole rings is 1. The van der Waals surface area contributed by atoms with Crippen molar-refractivity contribution in [2.24, 2.45) is 0 Å². The van der Waals surface area contributed by atoms with Crippen molar-refractivity contribution in [3.8, 4) is 0 Å². The van der Waals surface area contributed by atoms with Gasteiger partial charge in [0.1, 0.15) is 11.1 Å². The first-order valence-electron chi connectivity index (χ1n) is 11.6. The highest BCUT2D eigenvalue weighted by atomic mass is 32.2. The fourth-order valence-electron chi connectivity index (χ4n) is 4.38. The summed E-state index contributed by atoms with van der Waals surface area (Å²) in [6.07, 6.45) is -4.56. The van der Waals surface area contributed by atoms with Gasteiger partial charge in [-0.1, -0.05) is 42.5 Å². The second-order valence-electron chi connectivity index (χ2n) is 8.95. The predicted molar refractivity (Wildman–Crippen MR) is 132 cm³/mol. The van der Waals surface area contributed by atoms with Crippen molar-refractivity contribution < 1.29 is 31.2 Å². The standard InChI is InChI=1S/C26H21F3N4O4S/c27-26(28,29)18-5-3-4-17(13-18)25(35)32-21(24-30-19-6-1-2-7-20(19)31-24)12-15-8-10-16(11-9-15)22-14-23(34)33-38(22,36)37/h1-11,13,21-22H,12,14H2,(H,30,31)(H,32,35)(H,33,34)/t21-,22?/m0/s1. The summed E-state index contributed by atoms with van der Waals surface area (Å²) in [6.45, 7) is 0. The summed E-state index contributed by atoms with van der Waals surface area (Å²) >= 11 is 0. The van der Waals surface area contributed by atoms with Gasteiger partial charge in [0.25, 0.3) is 5.91 Å². The van der Waals surface area contributed by atoms with Crippen LogP contribution in [0.15, 0.2) is 72.8 Å². The fourth-order valence-corrected chi connectivity index (χ4v) is 5.81. The molecule has 3 N–H and O–H groups in total. The third-order valence-corrected chi connectivity index (χ3v) is 7.99. The summed E-state index contributed by atoms with van der Waals surface area (Å²) < 4.78 is 65.9. The molecule has 1 aliphatic heterocycles. The molecular formula is C26H21F3N4O4S. The second kappa shape index (κ2) is 9.60. The number of alkyl halides is 3. The van der Waals surface area contributed by atoms with Crippen LogP contribution in [0.3, 0.4) is 0 Å². The number of nitrogens with zero attached hydrogens (tertiary/aromatic N) is 1. The zero-order valence-corrected chi connectivity index (χ0v) is 20.4. The lowest BCUT2D eigenvalue weighted by Gasteiger charge is -2.18. The Bertz CT molecular complexity index is 1600. The number of carbonyl (C=O) groups excluding carboxylic acids is 2. The van der Waals surface area contributed by atoms with Crippen LogP contribution in [0, 0.1) is 0 Å². The molecule has 1 aliphatic rings. The second-order valence-corrected chi connectivity index (χ2v) is 10.8. The Labute approximate surface area is 215 Å². The number of hydrogen-bond donors (Lipinski definition) is 3. The molecule has 4 aromatic rings. The van der Waals surface area contributed by atoms with Gasteiger partial charge in [0, 0.05) is 5.56 Å². The molecule has 0 saturated carbocycles. The van der Waals surface area contributed by atoms with E-state index in [1.807, 2.05) is 16.9 Å². The third kappa shape index (κ3) is 5.25. The molecule has 1 fully saturated rings. The Balaban J connectivity index is 1.43. The van der Waals surface area contributed by atoms with Crippen LogP contribution < -0.4 is 10.0 Å². The Morgan fingerprint density at radius 2 is 1.79 bits per heavy atom. The van der Waals surface area contributed by atoms with E-state index < -0.39 is 44.9 Å². The van der Waals surface area contributed by atoms with Crippen molar-refractivity contribution in [3.05, 3.63) is 101 Å². The van der Waals surface area contributed by atoms with Crippen molar-refractivity contribution in [1.29, 1.82) is 0 Å². The quantitative estimate of drug-likeness (QED) is 0.338. The van der Waals surface area contributed by atoms with Gasteiger partial charge in [0.2, 0.25) is 15.9 Å². The zero-order valence-electron chi connectivity index (χ0n) is 19.6. The number of carbonyl (C=O) groups is 2. The van der Waals surface area contributed by atoms with Gasteiger partial charge < -0.3 is 10.3 Å². The van der Waals surface area contributed by atoms with E-state index in [4.69, 9.17) is 0 Å². The van der Waals surface area contributed by atoms with Crippen molar-refractivity contribution >= 4 is 32.9 Å². The van der Waals surface area contributed by atoms with Gasteiger partial charge in [-0.25, -0.2) is 13.4 Å². The largest absolute Gasteiger partial charge is 0.416 e. The molecule has 8 nitrogen and oxygen atoms in total. The summed E-state index contributed by atoms with van der Waals surface area (Å²) in [5, 5.41) is 1.79. The Kier molecular flexibility index (Phi) is 6.43. The molecule has 1 aromatic heterocycles. The number of sulfonamides is 1. The lowest BCUT2D eigenvalue weighted by Crippen LogP contribution is -2.31. The molecule has 1 saturated heterocycles. The Hall–Kier alpha value is -4.19. The molecule has 5 rings (SSSR count). The predicted octanol–water partition coefficient (Wildman–Crippen LogP) is 4.19. The van der Waals surface area contributed by atoms with E-state index in [9.17, 15) is 31.2 Å². The average Bonchev–Trinajstić information content (AvgIpc) is 3.43. The number of halogens is 3. The summed E-state index contributed by atoms with van der Waals surface area (Å²) in [6, 6.07) is 17.2. The minimum Gasteiger partial charge on any atom is -0.342 e. The van der Waals surface area contributed by atoms with Gasteiger partial charge in [-0.15, -0.1) is 0 Å². The summed E-state index contributed by atoms with van der Waals surface area (Å²) in [7, 11) is -3.80. The molecule has 0 bridgehead atoms. The van der Waals surface area contributed by atoms with Crippen LogP contribution >= 0.6 is 0 Å². The van der Waals surface area contributed by atoms with Crippen LogP contribution in [0.1, 0.15) is 50.6 Å². The molecule has 1 unspecified atom stereocenters. The van der Waals surface area contributed by atoms with Crippen molar-refractivity contribution in [2.75, 3.05) is 0 Å². The molecule has 12 heteroatoms. The van der Waals surface area contributed by atoms with Crippen molar-refractivity contribution in [2.45, 2.75) is 30.3 Å². The molecule has 2 amide bonds. The van der Waals surface area contributed by atoms with Crippen LogP contribution in [0.25, 0.3) is 11.0 Å². The third-order valence-electron chi connectivity index (χ3n) is 6.29. The van der Waals surface area contributed by atoms with Gasteiger partial charge in [-0.2, -0.15) is 13.2 Å². The first kappa shape index (κ1) is 25.5. The normalized spacial score (nSPS) is 17.8. The summed E-state index contributed by atoms with van der Waals surface area (Å²) in [5.74, 6) is -0.870. The Morgan fingerprint density at radius 3 is 2.45 bits per heavy atom. The number of aromatic nitrogens is 2. The maximum atomic E-state index is 13.2. The van der Waals surface area contributed by atoms with E-state index in [2.05, 4.69) is 15.3 Å². The number of benzene rings is 3. The van der Waals surface area contributed by atoms with Crippen LogP contribution in [0.5, 0.6) is 0 Å². The van der Waals surface area contributed by atoms with Crippen molar-refractivity contribution in [1.82, 2.24) is 20.0 Å². The van der Waals surface area contributed by atoms with Gasteiger partial charge in [0.15, 0.2) is 0 Å². The van der Waals surface area contributed by atoms with Gasteiger partial charge >= 0.3 is 6.18 Å². The monoisotopic (exact) mass is 542 g/mol. The minimum atomic E-state index is -4.59. The molecule has 196 valence electrons. The molecule has 0 aliphatic carbocycles. The topological polar surface area (TPSA) is 121 Å². The van der Waals surface area contributed by atoms with Crippen LogP contribution in [-0.2, 0) is 27.4 Å². The molecule has 2 atom stereocenters. The number of para-hydroxylation sites is 2. The van der Waals surface area contributed by atoms with E-state index in [0.717, 1.165) is 17.6 Å². The number of fused-ring (bicyclic) bond motifs is 1. The summed E-state index contributed by atoms with van der Waals surface area (Å²) in [4.78, 5) is 32.3. The maximum Gasteiger partial charge on any atom is 0.416 e. The number of rotatable bonds is 6. The van der Waals surface area contributed by atoms with E-state index in [-0.39, 0.29) is 18.4 Å². The number of hydrogen-bond acceptors (Lipinski definition) is 5. The summed E-state index contributed by atoms with van der Waals surface area (Å²) in [5.41, 5.74) is 1.44. The molecule has 2 heterocycles. The molecular weight excluding hydrogens is 521 g/mol. The highest BCUT2D eigenvalue weighted by molar-refractivity contribution is 7.90. The van der Waals surface area contributed by atoms with E-state index in [0.29, 0.717) is 22.5 Å². The molecule has 3 aromatic carbocycles. The maximum absolute atomic E-state index is 13.2. The van der Waals surface area contributed by atoms with E-state index >= 15 is 0 Å². The van der Waals surface area contributed by atoms with Crippen LogP contribution in [0.2, 0.25) is 0 Å². The molecule has 0 spiro atoms. The van der Waals surface area contributed by atoms with Gasteiger partial charge in [-0.3, -0.25) is 14.3 Å². The minimum absolute atomic E-state index is 0.153. The zero-order chi connectivity index (χ0) is 27.1. The van der Waals surface area contributed by atoms with E-state index in [1.165, 1.54) is 12.1 Å². The highest BCUT2D eigenvalue weighted by Crippen LogP contribution is 2.31. The number of H-pyrrole nitrogens is 1. The fraction of sp³-hybridized carbons (Fsp3) is 0.192. The van der Waals surface area contributed by atoms with Gasteiger partial charge in [-0.05, 0) is 47.9 Å². The smallest absolute Gasteiger partial charge is 0.342 e. The van der Waals surface area contributed by atoms with Crippen LogP contribution in [-0.4, -0.2) is 30.2 Å². The number of nitrogens with one attached hydrogen (secondary N) is 3. The Morgan fingerprint density at radius 1 is 1.05 bits per heavy atom. The number of aromatic amines is 1. The highest BCUT2D eigenvalue weighted by Gasteiger charge is 2.37. The lowest BCUT2D eigenvalue weighted by molar-refractivity contribution is -0.137. The lowest BCUT2D eigenvalue weighted by atomic mass is 10.0. The first-order chi connectivity index (χ1) is 18.0.